The minimum atomic E-state index is -0.261. The summed E-state index contributed by atoms with van der Waals surface area (Å²) in [6.45, 7) is 7.77. The SMILES string of the molecule is COc1ccc([C@H]2CN(Cc3sccc3C)C[C@H]2CN(Cc2ccc(F)cc2)C(C)=O)cc1. The van der Waals surface area contributed by atoms with Crippen LogP contribution in [0.2, 0.25) is 0 Å². The number of aryl methyl sites for hydroxylation is 1. The second-order valence-electron chi connectivity index (χ2n) is 8.89. The van der Waals surface area contributed by atoms with Crippen LogP contribution in [-0.4, -0.2) is 42.5 Å². The van der Waals surface area contributed by atoms with Crippen molar-refractivity contribution in [2.45, 2.75) is 32.9 Å². The quantitative estimate of drug-likeness (QED) is 0.441. The first kappa shape index (κ1) is 23.5. The number of carbonyl (C=O) groups excluding carboxylic acids is 1. The van der Waals surface area contributed by atoms with Crippen LogP contribution in [-0.2, 0) is 17.9 Å². The third-order valence-electron chi connectivity index (χ3n) is 6.58. The summed E-state index contributed by atoms with van der Waals surface area (Å²) in [4.78, 5) is 18.3. The predicted octanol–water partition coefficient (Wildman–Crippen LogP) is 5.47. The number of ether oxygens (including phenoxy) is 1. The number of nitrogens with zero attached hydrogens (tertiary/aromatic N) is 2. The number of methoxy groups -OCH3 is 1. The Hall–Kier alpha value is -2.70. The predicted molar refractivity (Wildman–Crippen MR) is 131 cm³/mol. The number of carbonyl (C=O) groups is 1. The van der Waals surface area contributed by atoms with E-state index >= 15 is 0 Å². The molecule has 33 heavy (non-hydrogen) atoms. The molecule has 0 radical (unpaired) electrons. The highest BCUT2D eigenvalue weighted by atomic mass is 32.1. The Kier molecular flexibility index (Phi) is 7.46. The van der Waals surface area contributed by atoms with Gasteiger partial charge in [-0.2, -0.15) is 0 Å². The molecule has 1 aliphatic rings. The molecule has 0 unspecified atom stereocenters. The van der Waals surface area contributed by atoms with Crippen molar-refractivity contribution in [3.05, 3.63) is 87.4 Å². The molecule has 2 aromatic carbocycles. The zero-order valence-corrected chi connectivity index (χ0v) is 20.3. The van der Waals surface area contributed by atoms with Crippen LogP contribution >= 0.6 is 11.3 Å². The van der Waals surface area contributed by atoms with E-state index in [-0.39, 0.29) is 11.7 Å². The average Bonchev–Trinajstić information content (AvgIpc) is 3.40. The van der Waals surface area contributed by atoms with E-state index < -0.39 is 0 Å². The Morgan fingerprint density at radius 1 is 1.12 bits per heavy atom. The van der Waals surface area contributed by atoms with Crippen LogP contribution in [0, 0.1) is 18.7 Å². The van der Waals surface area contributed by atoms with Gasteiger partial charge in [-0.15, -0.1) is 11.3 Å². The molecule has 2 heterocycles. The van der Waals surface area contributed by atoms with Gasteiger partial charge in [-0.3, -0.25) is 9.69 Å². The van der Waals surface area contributed by atoms with E-state index in [0.717, 1.165) is 30.9 Å². The van der Waals surface area contributed by atoms with Crippen molar-refractivity contribution in [1.29, 1.82) is 0 Å². The fraction of sp³-hybridized carbons (Fsp3) is 0.370. The lowest BCUT2D eigenvalue weighted by Gasteiger charge is -2.28. The number of halogens is 1. The second-order valence-corrected chi connectivity index (χ2v) is 9.89. The number of likely N-dealkylation sites (tertiary alicyclic amines) is 1. The monoisotopic (exact) mass is 466 g/mol. The summed E-state index contributed by atoms with van der Waals surface area (Å²) < 4.78 is 18.7. The zero-order chi connectivity index (χ0) is 23.4. The first-order valence-electron chi connectivity index (χ1n) is 11.3. The molecule has 0 N–H and O–H groups in total. The summed E-state index contributed by atoms with van der Waals surface area (Å²) in [6, 6.07) is 16.9. The Labute approximate surface area is 199 Å². The average molecular weight is 467 g/mol. The number of thiophene rings is 1. The van der Waals surface area contributed by atoms with Gasteiger partial charge >= 0.3 is 0 Å². The summed E-state index contributed by atoms with van der Waals surface area (Å²) in [5.74, 6) is 1.26. The van der Waals surface area contributed by atoms with Gasteiger partial charge in [0.2, 0.25) is 5.91 Å². The maximum Gasteiger partial charge on any atom is 0.219 e. The van der Waals surface area contributed by atoms with Gasteiger partial charge in [0.25, 0.3) is 0 Å². The summed E-state index contributed by atoms with van der Waals surface area (Å²) in [6.07, 6.45) is 0. The van der Waals surface area contributed by atoms with Gasteiger partial charge in [0, 0.05) is 50.4 Å². The number of hydrogen-bond donors (Lipinski definition) is 0. The molecule has 4 nitrogen and oxygen atoms in total. The van der Waals surface area contributed by atoms with Gasteiger partial charge in [0.15, 0.2) is 0 Å². The van der Waals surface area contributed by atoms with Gasteiger partial charge in [-0.25, -0.2) is 4.39 Å². The fourth-order valence-electron chi connectivity index (χ4n) is 4.67. The molecule has 1 fully saturated rings. The Bertz CT molecular complexity index is 1060. The molecular weight excluding hydrogens is 435 g/mol. The lowest BCUT2D eigenvalue weighted by atomic mass is 9.88. The third-order valence-corrected chi connectivity index (χ3v) is 7.59. The molecule has 1 aromatic heterocycles. The Morgan fingerprint density at radius 3 is 2.45 bits per heavy atom. The molecule has 6 heteroatoms. The molecular formula is C27H31FN2O2S. The Morgan fingerprint density at radius 2 is 1.85 bits per heavy atom. The molecule has 0 aliphatic carbocycles. The van der Waals surface area contributed by atoms with Crippen LogP contribution in [0.5, 0.6) is 5.75 Å². The van der Waals surface area contributed by atoms with E-state index in [9.17, 15) is 9.18 Å². The second kappa shape index (κ2) is 10.5. The van der Waals surface area contributed by atoms with E-state index in [1.54, 1.807) is 26.2 Å². The number of amides is 1. The third kappa shape index (κ3) is 5.81. The van der Waals surface area contributed by atoms with Crippen molar-refractivity contribution in [3.8, 4) is 5.75 Å². The molecule has 174 valence electrons. The van der Waals surface area contributed by atoms with Gasteiger partial charge in [-0.05, 0) is 65.2 Å². The normalized spacial score (nSPS) is 18.4. The lowest BCUT2D eigenvalue weighted by Crippen LogP contribution is -2.35. The largest absolute Gasteiger partial charge is 0.497 e. The van der Waals surface area contributed by atoms with Crippen molar-refractivity contribution in [2.75, 3.05) is 26.7 Å². The minimum Gasteiger partial charge on any atom is -0.497 e. The molecule has 4 rings (SSSR count). The van der Waals surface area contributed by atoms with Crippen LogP contribution < -0.4 is 4.74 Å². The highest BCUT2D eigenvalue weighted by molar-refractivity contribution is 7.10. The van der Waals surface area contributed by atoms with E-state index in [2.05, 4.69) is 35.4 Å². The molecule has 1 amide bonds. The first-order chi connectivity index (χ1) is 15.9. The maximum absolute atomic E-state index is 13.3. The van der Waals surface area contributed by atoms with Gasteiger partial charge < -0.3 is 9.64 Å². The molecule has 3 aromatic rings. The fourth-order valence-corrected chi connectivity index (χ4v) is 5.62. The van der Waals surface area contributed by atoms with Gasteiger partial charge in [0.05, 0.1) is 7.11 Å². The summed E-state index contributed by atoms with van der Waals surface area (Å²) in [7, 11) is 1.68. The molecule has 0 saturated carbocycles. The van der Waals surface area contributed by atoms with Crippen molar-refractivity contribution in [1.82, 2.24) is 9.80 Å². The Balaban J connectivity index is 1.54. The number of rotatable bonds is 8. The van der Waals surface area contributed by atoms with Crippen molar-refractivity contribution >= 4 is 17.2 Å². The van der Waals surface area contributed by atoms with Crippen LogP contribution in [0.4, 0.5) is 4.39 Å². The van der Waals surface area contributed by atoms with Gasteiger partial charge in [-0.1, -0.05) is 24.3 Å². The molecule has 1 saturated heterocycles. The van der Waals surface area contributed by atoms with Crippen LogP contribution in [0.3, 0.4) is 0 Å². The molecule has 0 bridgehead atoms. The van der Waals surface area contributed by atoms with E-state index in [4.69, 9.17) is 4.74 Å². The van der Waals surface area contributed by atoms with E-state index in [1.807, 2.05) is 28.4 Å². The summed E-state index contributed by atoms with van der Waals surface area (Å²) >= 11 is 1.81. The molecule has 0 spiro atoms. The molecule has 1 aliphatic heterocycles. The molecule has 2 atom stereocenters. The topological polar surface area (TPSA) is 32.8 Å². The standard InChI is InChI=1S/C27H31FN2O2S/c1-19-12-13-33-27(19)18-29-15-23(26(17-29)22-6-10-25(32-3)11-7-22)16-30(20(2)31)14-21-4-8-24(28)9-5-21/h4-13,23,26H,14-18H2,1-3H3/t23-,26+/m0/s1. The minimum absolute atomic E-state index is 0.0420. The van der Waals surface area contributed by atoms with Crippen LogP contribution in [0.1, 0.15) is 34.4 Å². The van der Waals surface area contributed by atoms with Crippen molar-refractivity contribution < 1.29 is 13.9 Å². The summed E-state index contributed by atoms with van der Waals surface area (Å²) in [5, 5.41) is 2.15. The maximum atomic E-state index is 13.3. The smallest absolute Gasteiger partial charge is 0.219 e. The van der Waals surface area contributed by atoms with Crippen LogP contribution in [0.15, 0.2) is 60.0 Å². The highest BCUT2D eigenvalue weighted by Crippen LogP contribution is 2.36. The van der Waals surface area contributed by atoms with Gasteiger partial charge in [0.1, 0.15) is 11.6 Å². The van der Waals surface area contributed by atoms with Crippen LogP contribution in [0.25, 0.3) is 0 Å². The highest BCUT2D eigenvalue weighted by Gasteiger charge is 2.35. The van der Waals surface area contributed by atoms with E-state index in [0.29, 0.717) is 24.9 Å². The van der Waals surface area contributed by atoms with E-state index in [1.165, 1.54) is 28.1 Å². The van der Waals surface area contributed by atoms with Crippen molar-refractivity contribution in [3.63, 3.8) is 0 Å². The number of hydrogen-bond acceptors (Lipinski definition) is 4. The van der Waals surface area contributed by atoms with Crippen molar-refractivity contribution in [2.24, 2.45) is 5.92 Å². The lowest BCUT2D eigenvalue weighted by molar-refractivity contribution is -0.130. The zero-order valence-electron chi connectivity index (χ0n) is 19.5. The number of benzene rings is 2. The summed E-state index contributed by atoms with van der Waals surface area (Å²) in [5.41, 5.74) is 3.55. The first-order valence-corrected chi connectivity index (χ1v) is 12.2.